The summed E-state index contributed by atoms with van der Waals surface area (Å²) in [6.45, 7) is -0.390. The van der Waals surface area contributed by atoms with Crippen molar-refractivity contribution in [1.29, 1.82) is 0 Å². The van der Waals surface area contributed by atoms with E-state index >= 15 is 0 Å². The Morgan fingerprint density at radius 1 is 1.27 bits per heavy atom. The molecule has 0 spiro atoms. The first-order valence-electron chi connectivity index (χ1n) is 7.63. The molecule has 2 rings (SSSR count). The summed E-state index contributed by atoms with van der Waals surface area (Å²) >= 11 is 4.49. The van der Waals surface area contributed by atoms with Crippen LogP contribution in [-0.4, -0.2) is 39.5 Å². The van der Waals surface area contributed by atoms with Crippen molar-refractivity contribution in [2.75, 3.05) is 17.7 Å². The number of halogens is 1. The first-order valence-corrected chi connectivity index (χ1v) is 9.40. The van der Waals surface area contributed by atoms with Gasteiger partial charge >= 0.3 is 0 Å². The van der Waals surface area contributed by atoms with Crippen LogP contribution >= 0.6 is 27.7 Å². The predicted octanol–water partition coefficient (Wildman–Crippen LogP) is 2.98. The Balaban J connectivity index is 2.10. The van der Waals surface area contributed by atoms with E-state index in [1.54, 1.807) is 6.07 Å². The molecule has 138 valence electrons. The first-order chi connectivity index (χ1) is 12.4. The highest BCUT2D eigenvalue weighted by molar-refractivity contribution is 9.10. The molecule has 3 N–H and O–H groups in total. The quantitative estimate of drug-likeness (QED) is 0.330. The molecule has 0 heterocycles. The van der Waals surface area contributed by atoms with Gasteiger partial charge in [0.25, 0.3) is 5.69 Å². The molecule has 0 aromatic heterocycles. The standard InChI is InChI=1S/C17H17BrN2O5S/c18-12-3-1-11(2-4-12)5-17(23)19-13-6-14(20(24)25)8-16(7-13)26-10-15(22)9-21/h1-4,6-8,15,21-22H,5,9-10H2,(H,19,23). The van der Waals surface area contributed by atoms with E-state index in [0.717, 1.165) is 21.8 Å². The summed E-state index contributed by atoms with van der Waals surface area (Å²) in [5, 5.41) is 32.0. The zero-order chi connectivity index (χ0) is 19.1. The third-order valence-electron chi connectivity index (χ3n) is 3.32. The maximum Gasteiger partial charge on any atom is 0.272 e. The molecule has 0 aliphatic carbocycles. The van der Waals surface area contributed by atoms with E-state index in [9.17, 15) is 20.0 Å². The van der Waals surface area contributed by atoms with Gasteiger partial charge in [0.1, 0.15) is 0 Å². The maximum absolute atomic E-state index is 12.2. The smallest absolute Gasteiger partial charge is 0.272 e. The lowest BCUT2D eigenvalue weighted by Crippen LogP contribution is -2.15. The van der Waals surface area contributed by atoms with Crippen molar-refractivity contribution < 1.29 is 19.9 Å². The van der Waals surface area contributed by atoms with Crippen molar-refractivity contribution >= 4 is 45.0 Å². The summed E-state index contributed by atoms with van der Waals surface area (Å²) in [6.07, 6.45) is -0.781. The van der Waals surface area contributed by atoms with Crippen molar-refractivity contribution in [1.82, 2.24) is 0 Å². The van der Waals surface area contributed by atoms with Crippen LogP contribution in [0.3, 0.4) is 0 Å². The molecular formula is C17H17BrN2O5S. The Hall–Kier alpha value is -1.94. The summed E-state index contributed by atoms with van der Waals surface area (Å²) in [7, 11) is 0. The Labute approximate surface area is 162 Å². The molecular weight excluding hydrogens is 424 g/mol. The molecule has 0 aliphatic heterocycles. The molecule has 26 heavy (non-hydrogen) atoms. The van der Waals surface area contributed by atoms with Crippen molar-refractivity contribution in [3.05, 3.63) is 62.6 Å². The van der Waals surface area contributed by atoms with Crippen LogP contribution in [0.5, 0.6) is 0 Å². The average Bonchev–Trinajstić information content (AvgIpc) is 2.61. The number of hydrogen-bond donors (Lipinski definition) is 3. The van der Waals surface area contributed by atoms with Gasteiger partial charge in [-0.15, -0.1) is 11.8 Å². The summed E-state index contributed by atoms with van der Waals surface area (Å²) in [5.41, 5.74) is 0.964. The number of nitrogens with one attached hydrogen (secondary N) is 1. The highest BCUT2D eigenvalue weighted by atomic mass is 79.9. The minimum absolute atomic E-state index is 0.141. The highest BCUT2D eigenvalue weighted by Crippen LogP contribution is 2.28. The van der Waals surface area contributed by atoms with Crippen molar-refractivity contribution in [3.63, 3.8) is 0 Å². The van der Waals surface area contributed by atoms with E-state index in [2.05, 4.69) is 21.2 Å². The van der Waals surface area contributed by atoms with Crippen LogP contribution in [0.15, 0.2) is 51.8 Å². The number of carbonyl (C=O) groups excluding carboxylic acids is 1. The van der Waals surface area contributed by atoms with Crippen LogP contribution < -0.4 is 5.32 Å². The number of thioether (sulfide) groups is 1. The molecule has 0 radical (unpaired) electrons. The molecule has 0 saturated heterocycles. The number of carbonyl (C=O) groups is 1. The van der Waals surface area contributed by atoms with Crippen molar-refractivity contribution in [3.8, 4) is 0 Å². The van der Waals surface area contributed by atoms with Gasteiger partial charge in [-0.2, -0.15) is 0 Å². The van der Waals surface area contributed by atoms with E-state index in [0.29, 0.717) is 10.6 Å². The van der Waals surface area contributed by atoms with Crippen LogP contribution in [0.1, 0.15) is 5.56 Å². The van der Waals surface area contributed by atoms with E-state index in [1.165, 1.54) is 12.1 Å². The number of amides is 1. The SMILES string of the molecule is O=C(Cc1ccc(Br)cc1)Nc1cc(SCC(O)CO)cc([N+](=O)[O-])c1. The fourth-order valence-corrected chi connectivity index (χ4v) is 3.25. The Morgan fingerprint density at radius 2 is 1.96 bits per heavy atom. The second kappa shape index (κ2) is 9.67. The zero-order valence-corrected chi connectivity index (χ0v) is 16.0. The van der Waals surface area contributed by atoms with Gasteiger partial charge in [0.2, 0.25) is 5.91 Å². The lowest BCUT2D eigenvalue weighted by molar-refractivity contribution is -0.385. The molecule has 1 unspecified atom stereocenters. The van der Waals surface area contributed by atoms with E-state index in [4.69, 9.17) is 5.11 Å². The van der Waals surface area contributed by atoms with Gasteiger partial charge in [-0.25, -0.2) is 0 Å². The average molecular weight is 441 g/mol. The van der Waals surface area contributed by atoms with Crippen LogP contribution in [0.4, 0.5) is 11.4 Å². The van der Waals surface area contributed by atoms with Crippen molar-refractivity contribution in [2.24, 2.45) is 0 Å². The van der Waals surface area contributed by atoms with Gasteiger partial charge in [-0.05, 0) is 23.8 Å². The second-order valence-electron chi connectivity index (χ2n) is 5.47. The number of aliphatic hydroxyl groups excluding tert-OH is 2. The van der Waals surface area contributed by atoms with Crippen molar-refractivity contribution in [2.45, 2.75) is 17.4 Å². The molecule has 2 aromatic rings. The first kappa shape index (κ1) is 20.4. The molecule has 0 fully saturated rings. The van der Waals surface area contributed by atoms with Gasteiger partial charge in [-0.1, -0.05) is 28.1 Å². The number of nitro groups is 1. The summed E-state index contributed by atoms with van der Waals surface area (Å²) < 4.78 is 0.909. The highest BCUT2D eigenvalue weighted by Gasteiger charge is 2.13. The number of aliphatic hydroxyl groups is 2. The minimum Gasteiger partial charge on any atom is -0.394 e. The largest absolute Gasteiger partial charge is 0.394 e. The number of nitrogens with zero attached hydrogens (tertiary/aromatic N) is 1. The normalized spacial score (nSPS) is 11.8. The number of hydrogen-bond acceptors (Lipinski definition) is 6. The molecule has 2 aromatic carbocycles. The van der Waals surface area contributed by atoms with E-state index in [1.807, 2.05) is 24.3 Å². The number of benzene rings is 2. The van der Waals surface area contributed by atoms with Gasteiger partial charge in [0, 0.05) is 32.9 Å². The second-order valence-corrected chi connectivity index (χ2v) is 7.48. The number of anilines is 1. The van der Waals surface area contributed by atoms with Gasteiger partial charge < -0.3 is 15.5 Å². The Morgan fingerprint density at radius 3 is 2.58 bits per heavy atom. The van der Waals surface area contributed by atoms with Crippen LogP contribution in [0.2, 0.25) is 0 Å². The molecule has 1 atom stereocenters. The van der Waals surface area contributed by atoms with Gasteiger partial charge in [0.15, 0.2) is 0 Å². The molecule has 0 saturated carbocycles. The minimum atomic E-state index is -0.922. The summed E-state index contributed by atoms with van der Waals surface area (Å²) in [4.78, 5) is 23.3. The molecule has 7 nitrogen and oxygen atoms in total. The molecule has 1 amide bonds. The maximum atomic E-state index is 12.2. The Kier molecular flexibility index (Phi) is 7.58. The summed E-state index contributed by atoms with van der Waals surface area (Å²) in [6, 6.07) is 11.5. The van der Waals surface area contributed by atoms with Gasteiger partial charge in [0.05, 0.1) is 24.1 Å². The lowest BCUT2D eigenvalue weighted by atomic mass is 10.1. The van der Waals surface area contributed by atoms with Crippen LogP contribution in [-0.2, 0) is 11.2 Å². The third-order valence-corrected chi connectivity index (χ3v) is 4.97. The Bertz CT molecular complexity index is 785. The van der Waals surface area contributed by atoms with E-state index in [-0.39, 0.29) is 23.8 Å². The monoisotopic (exact) mass is 440 g/mol. The molecule has 0 bridgehead atoms. The topological polar surface area (TPSA) is 113 Å². The fraction of sp³-hybridized carbons (Fsp3) is 0.235. The summed E-state index contributed by atoms with van der Waals surface area (Å²) in [5.74, 6) is -0.108. The third kappa shape index (κ3) is 6.41. The van der Waals surface area contributed by atoms with Gasteiger partial charge in [-0.3, -0.25) is 14.9 Å². The van der Waals surface area contributed by atoms with E-state index < -0.39 is 17.6 Å². The van der Waals surface area contributed by atoms with Crippen LogP contribution in [0.25, 0.3) is 0 Å². The number of nitro benzene ring substituents is 1. The van der Waals surface area contributed by atoms with Crippen LogP contribution in [0, 0.1) is 10.1 Å². The fourth-order valence-electron chi connectivity index (χ4n) is 2.08. The molecule has 0 aliphatic rings. The lowest BCUT2D eigenvalue weighted by Gasteiger charge is -2.10. The number of non-ortho nitro benzene ring substituents is 1. The predicted molar refractivity (Wildman–Crippen MR) is 103 cm³/mol. The molecule has 9 heteroatoms. The number of rotatable bonds is 8. The zero-order valence-electron chi connectivity index (χ0n) is 13.6.